The molecule has 152 valence electrons. The van der Waals surface area contributed by atoms with E-state index in [-0.39, 0.29) is 5.78 Å². The highest BCUT2D eigenvalue weighted by Crippen LogP contribution is 2.43. The molecule has 4 rings (SSSR count). The van der Waals surface area contributed by atoms with E-state index >= 15 is 0 Å². The van der Waals surface area contributed by atoms with Crippen molar-refractivity contribution in [2.75, 3.05) is 19.0 Å². The number of para-hydroxylation sites is 1. The first-order valence-electron chi connectivity index (χ1n) is 9.62. The van der Waals surface area contributed by atoms with Gasteiger partial charge in [-0.1, -0.05) is 40.2 Å². The third kappa shape index (κ3) is 4.00. The number of fused-ring (bicyclic) bond motifs is 1. The van der Waals surface area contributed by atoms with Gasteiger partial charge in [-0.05, 0) is 55.0 Å². The van der Waals surface area contributed by atoms with Crippen molar-refractivity contribution < 1.29 is 14.3 Å². The number of carbonyl (C=O) groups excluding carboxylic acids is 1. The van der Waals surface area contributed by atoms with E-state index in [0.717, 1.165) is 37.4 Å². The van der Waals surface area contributed by atoms with Crippen molar-refractivity contribution in [1.82, 2.24) is 0 Å². The zero-order chi connectivity index (χ0) is 21.1. The van der Waals surface area contributed by atoms with Crippen LogP contribution in [0.4, 0.5) is 0 Å². The summed E-state index contributed by atoms with van der Waals surface area (Å²) in [6.45, 7) is 2.65. The standard InChI is InChI=1S/C25H21BrO3S/c1-16-7-12-20-22(15-16)30-25(19-5-3-4-6-21(19)28-2)23(20)24(27)17-8-10-18(11-9-17)29-14-13-26/h3-12,15H,13-14H2,1-2H3. The number of halogens is 1. The smallest absolute Gasteiger partial charge is 0.195 e. The van der Waals surface area contributed by atoms with Crippen molar-refractivity contribution in [1.29, 1.82) is 0 Å². The summed E-state index contributed by atoms with van der Waals surface area (Å²) in [6.07, 6.45) is 0. The Kier molecular flexibility index (Phi) is 6.21. The highest BCUT2D eigenvalue weighted by Gasteiger charge is 2.23. The van der Waals surface area contributed by atoms with E-state index in [1.165, 1.54) is 5.56 Å². The molecule has 0 aliphatic heterocycles. The third-order valence-electron chi connectivity index (χ3n) is 4.89. The Labute approximate surface area is 188 Å². The van der Waals surface area contributed by atoms with Crippen LogP contribution >= 0.6 is 27.3 Å². The monoisotopic (exact) mass is 480 g/mol. The van der Waals surface area contributed by atoms with E-state index in [9.17, 15) is 4.79 Å². The largest absolute Gasteiger partial charge is 0.496 e. The molecule has 0 bridgehead atoms. The molecular formula is C25H21BrO3S. The van der Waals surface area contributed by atoms with Crippen LogP contribution in [0.1, 0.15) is 21.5 Å². The summed E-state index contributed by atoms with van der Waals surface area (Å²) in [5.41, 5.74) is 3.45. The molecule has 0 atom stereocenters. The van der Waals surface area contributed by atoms with Gasteiger partial charge in [0.2, 0.25) is 0 Å². The zero-order valence-corrected chi connectivity index (χ0v) is 19.2. The minimum Gasteiger partial charge on any atom is -0.496 e. The van der Waals surface area contributed by atoms with Crippen molar-refractivity contribution in [3.8, 4) is 21.9 Å². The van der Waals surface area contributed by atoms with Crippen LogP contribution in [-0.2, 0) is 0 Å². The quantitative estimate of drug-likeness (QED) is 0.213. The van der Waals surface area contributed by atoms with Crippen LogP contribution in [0.15, 0.2) is 66.7 Å². The average Bonchev–Trinajstić information content (AvgIpc) is 3.15. The van der Waals surface area contributed by atoms with Gasteiger partial charge in [0.05, 0.1) is 18.6 Å². The number of methoxy groups -OCH3 is 1. The van der Waals surface area contributed by atoms with Crippen LogP contribution in [0.5, 0.6) is 11.5 Å². The maximum atomic E-state index is 13.6. The number of hydrogen-bond acceptors (Lipinski definition) is 4. The lowest BCUT2D eigenvalue weighted by Crippen LogP contribution is -2.03. The lowest BCUT2D eigenvalue weighted by atomic mass is 9.97. The predicted octanol–water partition coefficient (Wildman–Crippen LogP) is 6.89. The zero-order valence-electron chi connectivity index (χ0n) is 16.8. The molecule has 0 saturated carbocycles. The van der Waals surface area contributed by atoms with E-state index in [4.69, 9.17) is 9.47 Å². The molecule has 0 saturated heterocycles. The molecule has 0 amide bonds. The average molecular weight is 481 g/mol. The second-order valence-electron chi connectivity index (χ2n) is 6.90. The summed E-state index contributed by atoms with van der Waals surface area (Å²) in [4.78, 5) is 14.6. The Hall–Kier alpha value is -2.63. The van der Waals surface area contributed by atoms with Gasteiger partial charge < -0.3 is 9.47 Å². The summed E-state index contributed by atoms with van der Waals surface area (Å²) >= 11 is 4.98. The molecule has 30 heavy (non-hydrogen) atoms. The normalized spacial score (nSPS) is 10.9. The lowest BCUT2D eigenvalue weighted by Gasteiger charge is -2.10. The Morgan fingerprint density at radius 1 is 1.03 bits per heavy atom. The van der Waals surface area contributed by atoms with Crippen LogP contribution in [-0.4, -0.2) is 24.8 Å². The van der Waals surface area contributed by atoms with Crippen LogP contribution in [0, 0.1) is 6.92 Å². The van der Waals surface area contributed by atoms with Gasteiger partial charge in [-0.2, -0.15) is 0 Å². The fraction of sp³-hybridized carbons (Fsp3) is 0.160. The first kappa shape index (κ1) is 20.6. The van der Waals surface area contributed by atoms with E-state index in [0.29, 0.717) is 17.7 Å². The second kappa shape index (κ2) is 9.02. The number of ketones is 1. The van der Waals surface area contributed by atoms with Gasteiger partial charge in [0.25, 0.3) is 0 Å². The Morgan fingerprint density at radius 3 is 2.53 bits per heavy atom. The minimum atomic E-state index is -0.00180. The number of aryl methyl sites for hydroxylation is 1. The van der Waals surface area contributed by atoms with Gasteiger partial charge in [-0.25, -0.2) is 0 Å². The van der Waals surface area contributed by atoms with Crippen LogP contribution in [0.25, 0.3) is 20.5 Å². The summed E-state index contributed by atoms with van der Waals surface area (Å²) in [5.74, 6) is 1.51. The maximum absolute atomic E-state index is 13.6. The molecule has 0 aliphatic carbocycles. The first-order valence-corrected chi connectivity index (χ1v) is 11.6. The van der Waals surface area contributed by atoms with Gasteiger partial charge in [-0.3, -0.25) is 4.79 Å². The number of benzene rings is 3. The van der Waals surface area contributed by atoms with E-state index in [2.05, 4.69) is 35.0 Å². The van der Waals surface area contributed by atoms with Gasteiger partial charge in [-0.15, -0.1) is 11.3 Å². The molecule has 1 heterocycles. The third-order valence-corrected chi connectivity index (χ3v) is 6.40. The van der Waals surface area contributed by atoms with Crippen molar-refractivity contribution in [2.45, 2.75) is 6.92 Å². The van der Waals surface area contributed by atoms with Gasteiger partial charge in [0, 0.05) is 32.1 Å². The number of rotatable bonds is 7. The molecule has 0 aliphatic rings. The van der Waals surface area contributed by atoms with E-state index in [1.807, 2.05) is 54.6 Å². The Bertz CT molecular complexity index is 1190. The molecule has 3 aromatic carbocycles. The molecule has 0 N–H and O–H groups in total. The van der Waals surface area contributed by atoms with Crippen molar-refractivity contribution in [2.24, 2.45) is 0 Å². The number of thiophene rings is 1. The molecule has 0 spiro atoms. The SMILES string of the molecule is COc1ccccc1-c1sc2cc(C)ccc2c1C(=O)c1ccc(OCCBr)cc1. The van der Waals surface area contributed by atoms with Crippen LogP contribution < -0.4 is 9.47 Å². The summed E-state index contributed by atoms with van der Waals surface area (Å²) in [7, 11) is 1.66. The molecular weight excluding hydrogens is 460 g/mol. The highest BCUT2D eigenvalue weighted by molar-refractivity contribution is 9.09. The first-order chi connectivity index (χ1) is 14.6. The van der Waals surface area contributed by atoms with Crippen molar-refractivity contribution in [3.63, 3.8) is 0 Å². The van der Waals surface area contributed by atoms with Gasteiger partial charge in [0.1, 0.15) is 11.5 Å². The number of ether oxygens (including phenoxy) is 2. The maximum Gasteiger partial charge on any atom is 0.195 e. The van der Waals surface area contributed by atoms with E-state index < -0.39 is 0 Å². The second-order valence-corrected chi connectivity index (χ2v) is 8.74. The molecule has 0 unspecified atom stereocenters. The van der Waals surface area contributed by atoms with Crippen molar-refractivity contribution >= 4 is 43.1 Å². The van der Waals surface area contributed by atoms with E-state index in [1.54, 1.807) is 18.4 Å². The van der Waals surface area contributed by atoms with Gasteiger partial charge in [0.15, 0.2) is 5.78 Å². The summed E-state index contributed by atoms with van der Waals surface area (Å²) in [6, 6.07) is 21.4. The molecule has 5 heteroatoms. The van der Waals surface area contributed by atoms with Crippen LogP contribution in [0.3, 0.4) is 0 Å². The van der Waals surface area contributed by atoms with Crippen LogP contribution in [0.2, 0.25) is 0 Å². The Balaban J connectivity index is 1.85. The minimum absolute atomic E-state index is 0.00180. The summed E-state index contributed by atoms with van der Waals surface area (Å²) in [5, 5.41) is 1.73. The Morgan fingerprint density at radius 2 is 1.80 bits per heavy atom. The lowest BCUT2D eigenvalue weighted by molar-refractivity contribution is 0.104. The number of carbonyl (C=O) groups is 1. The summed E-state index contributed by atoms with van der Waals surface area (Å²) < 4.78 is 12.3. The molecule has 0 fully saturated rings. The highest BCUT2D eigenvalue weighted by atomic mass is 79.9. The number of hydrogen-bond donors (Lipinski definition) is 0. The number of alkyl halides is 1. The van der Waals surface area contributed by atoms with Crippen molar-refractivity contribution in [3.05, 3.63) is 83.4 Å². The fourth-order valence-electron chi connectivity index (χ4n) is 3.45. The molecule has 3 nitrogen and oxygen atoms in total. The topological polar surface area (TPSA) is 35.5 Å². The predicted molar refractivity (Wildman–Crippen MR) is 128 cm³/mol. The molecule has 0 radical (unpaired) electrons. The molecule has 1 aromatic heterocycles. The molecule has 4 aromatic rings. The van der Waals surface area contributed by atoms with Gasteiger partial charge >= 0.3 is 0 Å². The fourth-order valence-corrected chi connectivity index (χ4v) is 4.94.